The molecule has 2 rings (SSSR count). The maximum atomic E-state index is 13.1. The zero-order valence-corrected chi connectivity index (χ0v) is 10.8. The van der Waals surface area contributed by atoms with Gasteiger partial charge in [0, 0.05) is 6.42 Å². The van der Waals surface area contributed by atoms with E-state index < -0.39 is 17.2 Å². The molecule has 0 aliphatic heterocycles. The summed E-state index contributed by atoms with van der Waals surface area (Å²) in [5.41, 5.74) is -0.886. The van der Waals surface area contributed by atoms with E-state index in [1.807, 2.05) is 0 Å². The maximum Gasteiger partial charge on any atom is 0.168 e. The summed E-state index contributed by atoms with van der Waals surface area (Å²) in [5, 5.41) is 10.4. The van der Waals surface area contributed by atoms with Crippen molar-refractivity contribution in [2.24, 2.45) is 0 Å². The highest BCUT2D eigenvalue weighted by atomic mass is 19.2. The van der Waals surface area contributed by atoms with Crippen LogP contribution in [0, 0.1) is 11.6 Å². The summed E-state index contributed by atoms with van der Waals surface area (Å²) < 4.78 is 25.9. The Labute approximate surface area is 111 Å². The molecule has 0 heterocycles. The second kappa shape index (κ2) is 5.78. The Morgan fingerprint density at radius 2 is 1.74 bits per heavy atom. The molecule has 4 heteroatoms. The second-order valence-electron chi connectivity index (χ2n) is 5.29. The molecule has 104 valence electrons. The van der Waals surface area contributed by atoms with Crippen molar-refractivity contribution in [1.82, 2.24) is 0 Å². The quantitative estimate of drug-likeness (QED) is 0.855. The molecule has 1 aliphatic carbocycles. The Morgan fingerprint density at radius 1 is 1.11 bits per heavy atom. The SMILES string of the molecule is O=C(Cc1ccc(F)c(F)c1)C1(O)CCCCCC1. The van der Waals surface area contributed by atoms with Crippen molar-refractivity contribution in [3.63, 3.8) is 0 Å². The van der Waals surface area contributed by atoms with E-state index >= 15 is 0 Å². The summed E-state index contributed by atoms with van der Waals surface area (Å²) in [6.07, 6.45) is 4.61. The van der Waals surface area contributed by atoms with E-state index in [0.29, 0.717) is 18.4 Å². The summed E-state index contributed by atoms with van der Waals surface area (Å²) >= 11 is 0. The number of ketones is 1. The van der Waals surface area contributed by atoms with Crippen molar-refractivity contribution >= 4 is 5.78 Å². The van der Waals surface area contributed by atoms with Gasteiger partial charge in [0.15, 0.2) is 17.4 Å². The highest BCUT2D eigenvalue weighted by Crippen LogP contribution is 2.29. The van der Waals surface area contributed by atoms with Gasteiger partial charge < -0.3 is 5.11 Å². The highest BCUT2D eigenvalue weighted by Gasteiger charge is 2.35. The maximum absolute atomic E-state index is 13.1. The van der Waals surface area contributed by atoms with Gasteiger partial charge in [-0.1, -0.05) is 31.7 Å². The topological polar surface area (TPSA) is 37.3 Å². The van der Waals surface area contributed by atoms with Gasteiger partial charge in [0.05, 0.1) is 0 Å². The lowest BCUT2D eigenvalue weighted by molar-refractivity contribution is -0.138. The van der Waals surface area contributed by atoms with E-state index in [1.165, 1.54) is 6.07 Å². The fraction of sp³-hybridized carbons (Fsp3) is 0.533. The monoisotopic (exact) mass is 268 g/mol. The third kappa shape index (κ3) is 3.38. The Morgan fingerprint density at radius 3 is 2.32 bits per heavy atom. The van der Waals surface area contributed by atoms with Crippen LogP contribution in [0.5, 0.6) is 0 Å². The molecule has 0 unspecified atom stereocenters. The average molecular weight is 268 g/mol. The lowest BCUT2D eigenvalue weighted by atomic mass is 9.86. The summed E-state index contributed by atoms with van der Waals surface area (Å²) in [5.74, 6) is -2.18. The predicted molar refractivity (Wildman–Crippen MR) is 67.7 cm³/mol. The number of benzene rings is 1. The number of hydrogen-bond donors (Lipinski definition) is 1. The standard InChI is InChI=1S/C15H18F2O2/c16-12-6-5-11(9-13(12)17)10-14(18)15(19)7-3-1-2-4-8-15/h5-6,9,19H,1-4,7-8,10H2. The number of carbonyl (C=O) groups is 1. The molecule has 1 saturated carbocycles. The van der Waals surface area contributed by atoms with Gasteiger partial charge in [-0.3, -0.25) is 4.79 Å². The van der Waals surface area contributed by atoms with Crippen molar-refractivity contribution in [2.45, 2.75) is 50.5 Å². The minimum atomic E-state index is -1.29. The van der Waals surface area contributed by atoms with Crippen LogP contribution in [0.2, 0.25) is 0 Å². The first kappa shape index (κ1) is 14.1. The molecule has 1 aromatic rings. The molecule has 0 atom stereocenters. The van der Waals surface area contributed by atoms with E-state index in [9.17, 15) is 18.7 Å². The second-order valence-corrected chi connectivity index (χ2v) is 5.29. The molecule has 0 radical (unpaired) electrons. The van der Waals surface area contributed by atoms with Gasteiger partial charge in [-0.2, -0.15) is 0 Å². The molecule has 0 amide bonds. The number of hydrogen-bond acceptors (Lipinski definition) is 2. The van der Waals surface area contributed by atoms with Gasteiger partial charge >= 0.3 is 0 Å². The van der Waals surface area contributed by atoms with Crippen LogP contribution >= 0.6 is 0 Å². The Balaban J connectivity index is 2.08. The van der Waals surface area contributed by atoms with Crippen LogP contribution in [0.3, 0.4) is 0 Å². The van der Waals surface area contributed by atoms with Crippen LogP contribution in [0.4, 0.5) is 8.78 Å². The molecule has 19 heavy (non-hydrogen) atoms. The van der Waals surface area contributed by atoms with Crippen molar-refractivity contribution < 1.29 is 18.7 Å². The van der Waals surface area contributed by atoms with E-state index in [2.05, 4.69) is 0 Å². The number of Topliss-reactive ketones (excluding diaryl/α,β-unsaturated/α-hetero) is 1. The molecular weight excluding hydrogens is 250 g/mol. The number of rotatable bonds is 3. The van der Waals surface area contributed by atoms with E-state index in [4.69, 9.17) is 0 Å². The molecule has 1 aromatic carbocycles. The van der Waals surface area contributed by atoms with Crippen molar-refractivity contribution in [1.29, 1.82) is 0 Å². The third-order valence-corrected chi connectivity index (χ3v) is 3.80. The number of aliphatic hydroxyl groups is 1. The van der Waals surface area contributed by atoms with Gasteiger partial charge in [0.1, 0.15) is 5.60 Å². The average Bonchev–Trinajstić information content (AvgIpc) is 2.60. The molecule has 0 spiro atoms. The van der Waals surface area contributed by atoms with Crippen LogP contribution in [-0.2, 0) is 11.2 Å². The Bertz CT molecular complexity index is 463. The van der Waals surface area contributed by atoms with Gasteiger partial charge in [0.25, 0.3) is 0 Å². The Kier molecular flexibility index (Phi) is 4.30. The highest BCUT2D eigenvalue weighted by molar-refractivity contribution is 5.88. The van der Waals surface area contributed by atoms with E-state index in [-0.39, 0.29) is 12.2 Å². The van der Waals surface area contributed by atoms with Crippen LogP contribution in [-0.4, -0.2) is 16.5 Å². The van der Waals surface area contributed by atoms with Gasteiger partial charge in [-0.05, 0) is 30.5 Å². The normalized spacial score (nSPS) is 18.9. The summed E-state index contributed by atoms with van der Waals surface area (Å²) in [6, 6.07) is 3.42. The lowest BCUT2D eigenvalue weighted by Crippen LogP contribution is -2.39. The zero-order chi connectivity index (χ0) is 13.9. The molecule has 1 fully saturated rings. The molecule has 0 saturated heterocycles. The molecule has 0 bridgehead atoms. The number of halogens is 2. The van der Waals surface area contributed by atoms with E-state index in [1.54, 1.807) is 0 Å². The molecule has 1 aliphatic rings. The summed E-state index contributed by atoms with van der Waals surface area (Å²) in [6.45, 7) is 0. The first-order chi connectivity index (χ1) is 9.01. The van der Waals surface area contributed by atoms with Gasteiger partial charge in [0.2, 0.25) is 0 Å². The van der Waals surface area contributed by atoms with Crippen LogP contribution in [0.1, 0.15) is 44.1 Å². The third-order valence-electron chi connectivity index (χ3n) is 3.80. The summed E-state index contributed by atoms with van der Waals surface area (Å²) in [7, 11) is 0. The zero-order valence-electron chi connectivity index (χ0n) is 10.8. The molecule has 0 aromatic heterocycles. The first-order valence-corrected chi connectivity index (χ1v) is 6.71. The summed E-state index contributed by atoms with van der Waals surface area (Å²) in [4.78, 5) is 12.2. The van der Waals surface area contributed by atoms with Crippen LogP contribution in [0.25, 0.3) is 0 Å². The number of carbonyl (C=O) groups excluding carboxylic acids is 1. The van der Waals surface area contributed by atoms with Crippen molar-refractivity contribution in [3.8, 4) is 0 Å². The Hall–Kier alpha value is -1.29. The minimum Gasteiger partial charge on any atom is -0.382 e. The van der Waals surface area contributed by atoms with E-state index in [0.717, 1.165) is 37.8 Å². The molecular formula is C15H18F2O2. The first-order valence-electron chi connectivity index (χ1n) is 6.71. The molecule has 2 nitrogen and oxygen atoms in total. The largest absolute Gasteiger partial charge is 0.382 e. The fourth-order valence-electron chi connectivity index (χ4n) is 2.59. The van der Waals surface area contributed by atoms with Crippen LogP contribution < -0.4 is 0 Å². The minimum absolute atomic E-state index is 0.0479. The predicted octanol–water partition coefficient (Wildman–Crippen LogP) is 3.16. The fourth-order valence-corrected chi connectivity index (χ4v) is 2.59. The van der Waals surface area contributed by atoms with Gasteiger partial charge in [-0.15, -0.1) is 0 Å². The molecule has 1 N–H and O–H groups in total. The van der Waals surface area contributed by atoms with Gasteiger partial charge in [-0.25, -0.2) is 8.78 Å². The van der Waals surface area contributed by atoms with Crippen molar-refractivity contribution in [2.75, 3.05) is 0 Å². The smallest absolute Gasteiger partial charge is 0.168 e. The lowest BCUT2D eigenvalue weighted by Gasteiger charge is -2.24. The van der Waals surface area contributed by atoms with Crippen molar-refractivity contribution in [3.05, 3.63) is 35.4 Å². The van der Waals surface area contributed by atoms with Crippen LogP contribution in [0.15, 0.2) is 18.2 Å².